The van der Waals surface area contributed by atoms with Crippen LogP contribution in [0.25, 0.3) is 52.8 Å². The summed E-state index contributed by atoms with van der Waals surface area (Å²) in [5, 5.41) is 0. The third kappa shape index (κ3) is 8.51. The maximum Gasteiger partial charge on any atom is 0.338 e. The van der Waals surface area contributed by atoms with E-state index in [9.17, 15) is 9.59 Å². The summed E-state index contributed by atoms with van der Waals surface area (Å²) < 4.78 is 34.2. The molecule has 8 nitrogen and oxygen atoms in total. The molecule has 0 bridgehead atoms. The molecule has 0 aliphatic rings. The Bertz CT molecular complexity index is 2890. The first-order valence-corrected chi connectivity index (χ1v) is 21.6. The number of carbonyl (C=O) groups excluding carboxylic acids is 2. The van der Waals surface area contributed by atoms with Gasteiger partial charge in [-0.3, -0.25) is 0 Å². The summed E-state index contributed by atoms with van der Waals surface area (Å²) in [5.74, 6) is 0.928. The van der Waals surface area contributed by atoms with Crippen LogP contribution in [0.5, 0.6) is 23.0 Å². The van der Waals surface area contributed by atoms with Gasteiger partial charge in [0.05, 0.1) is 28.4 Å². The van der Waals surface area contributed by atoms with Gasteiger partial charge in [-0.15, -0.1) is 22.7 Å². The SMILES string of the molecule is C=C(C)C(=O)OCCOC(=O)c1ccc(Oc2c(Oc3ccccc3)c(-c3ccc(-c4cc(C)ccc4C)s3)c3nsnc3c2-c2ccc(-c3cc(C)ccc3C)s2)cc1. The first-order valence-electron chi connectivity index (χ1n) is 19.2. The monoisotopic (exact) mass is 848 g/mol. The van der Waals surface area contributed by atoms with Crippen molar-refractivity contribution in [2.45, 2.75) is 34.6 Å². The topological polar surface area (TPSA) is 96.8 Å². The number of esters is 2. The molecule has 0 fully saturated rings. The molecule has 60 heavy (non-hydrogen) atoms. The minimum Gasteiger partial charge on any atom is -0.459 e. The molecule has 3 aromatic heterocycles. The summed E-state index contributed by atoms with van der Waals surface area (Å²) in [4.78, 5) is 28.8. The summed E-state index contributed by atoms with van der Waals surface area (Å²) >= 11 is 4.46. The minimum atomic E-state index is -0.561. The number of hydrogen-bond donors (Lipinski definition) is 0. The van der Waals surface area contributed by atoms with Gasteiger partial charge >= 0.3 is 11.9 Å². The number of para-hydroxylation sites is 1. The lowest BCUT2D eigenvalue weighted by molar-refractivity contribution is -0.140. The van der Waals surface area contributed by atoms with Gasteiger partial charge in [0.2, 0.25) is 0 Å². The maximum atomic E-state index is 13.0. The zero-order chi connectivity index (χ0) is 41.9. The van der Waals surface area contributed by atoms with Crippen LogP contribution >= 0.6 is 34.4 Å². The normalized spacial score (nSPS) is 11.1. The lowest BCUT2D eigenvalue weighted by Crippen LogP contribution is -2.14. The van der Waals surface area contributed by atoms with E-state index in [-0.39, 0.29) is 18.8 Å². The highest BCUT2D eigenvalue weighted by molar-refractivity contribution is 7.19. The molecule has 0 aliphatic heterocycles. The number of ether oxygens (including phenoxy) is 4. The molecule has 0 radical (unpaired) electrons. The molecule has 0 N–H and O–H groups in total. The standard InChI is InChI=1S/C49H40N2O6S3/c1-28(2)48(52)54-24-25-55-49(53)33-16-18-35(19-17-33)57-47-43(41-23-21-39(59-41)37-27-30(4)13-15-32(37)6)45-44(50-60-51-45)42(46(47)56-34-10-8-7-9-11-34)40-22-20-38(58-40)36-26-29(3)12-14-31(36)5/h7-23,26-27H,1,24-25H2,2-6H3. The van der Waals surface area contributed by atoms with Crippen LogP contribution in [0.1, 0.15) is 39.5 Å². The lowest BCUT2D eigenvalue weighted by atomic mass is 10.0. The van der Waals surface area contributed by atoms with Crippen molar-refractivity contribution in [1.29, 1.82) is 0 Å². The van der Waals surface area contributed by atoms with Gasteiger partial charge in [0.25, 0.3) is 0 Å². The third-order valence-corrected chi connectivity index (χ3v) is 12.6. The van der Waals surface area contributed by atoms with Crippen LogP contribution in [0.4, 0.5) is 0 Å². The Labute approximate surface area is 360 Å². The van der Waals surface area contributed by atoms with E-state index in [2.05, 4.69) is 94.9 Å². The van der Waals surface area contributed by atoms with E-state index < -0.39 is 11.9 Å². The quantitative estimate of drug-likeness (QED) is 0.0643. The lowest BCUT2D eigenvalue weighted by Gasteiger charge is -2.20. The Balaban J connectivity index is 1.27. The molecule has 300 valence electrons. The Morgan fingerprint density at radius 1 is 0.583 bits per heavy atom. The Morgan fingerprint density at radius 2 is 1.07 bits per heavy atom. The Kier molecular flexibility index (Phi) is 11.7. The van der Waals surface area contributed by atoms with Crippen molar-refractivity contribution in [3.8, 4) is 64.8 Å². The smallest absolute Gasteiger partial charge is 0.338 e. The third-order valence-electron chi connectivity index (χ3n) is 9.82. The molecule has 0 aliphatic carbocycles. The van der Waals surface area contributed by atoms with E-state index >= 15 is 0 Å². The molecule has 0 atom stereocenters. The zero-order valence-electron chi connectivity index (χ0n) is 33.7. The molecule has 0 saturated carbocycles. The second-order valence-corrected chi connectivity index (χ2v) is 17.1. The van der Waals surface area contributed by atoms with E-state index in [1.54, 1.807) is 53.9 Å². The van der Waals surface area contributed by atoms with Crippen LogP contribution in [0, 0.1) is 27.7 Å². The molecule has 0 amide bonds. The molecule has 8 aromatic rings. The fraction of sp³-hybridized carbons (Fsp3) is 0.143. The summed E-state index contributed by atoms with van der Waals surface area (Å²) in [6.45, 7) is 13.4. The molecule has 3 heterocycles. The number of fused-ring (bicyclic) bond motifs is 1. The Morgan fingerprint density at radius 3 is 1.58 bits per heavy atom. The molecule has 0 spiro atoms. The van der Waals surface area contributed by atoms with Gasteiger partial charge in [0, 0.05) is 25.1 Å². The number of aryl methyl sites for hydroxylation is 4. The number of thiophene rings is 2. The fourth-order valence-electron chi connectivity index (χ4n) is 6.71. The molecular weight excluding hydrogens is 809 g/mol. The first kappa shape index (κ1) is 40.4. The van der Waals surface area contributed by atoms with Gasteiger partial charge in [-0.05, 0) is 118 Å². The summed E-state index contributed by atoms with van der Waals surface area (Å²) in [5.41, 5.74) is 10.5. The summed E-state index contributed by atoms with van der Waals surface area (Å²) in [6, 6.07) is 37.8. The van der Waals surface area contributed by atoms with Crippen LogP contribution in [0.3, 0.4) is 0 Å². The average molecular weight is 849 g/mol. The van der Waals surface area contributed by atoms with Crippen LogP contribution in [0.15, 0.2) is 127 Å². The van der Waals surface area contributed by atoms with Crippen molar-refractivity contribution in [1.82, 2.24) is 8.75 Å². The number of aromatic nitrogens is 2. The number of benzene rings is 5. The van der Waals surface area contributed by atoms with Crippen molar-refractivity contribution < 1.29 is 28.5 Å². The summed E-state index contributed by atoms with van der Waals surface area (Å²) in [7, 11) is 0. The molecule has 0 saturated heterocycles. The van der Waals surface area contributed by atoms with Crippen LogP contribution in [0.2, 0.25) is 0 Å². The second-order valence-electron chi connectivity index (χ2n) is 14.4. The van der Waals surface area contributed by atoms with Gasteiger partial charge in [-0.2, -0.15) is 8.75 Å². The first-order chi connectivity index (χ1) is 29.0. The second kappa shape index (κ2) is 17.4. The van der Waals surface area contributed by atoms with E-state index in [0.29, 0.717) is 39.6 Å². The average Bonchev–Trinajstić information content (AvgIpc) is 4.05. The van der Waals surface area contributed by atoms with Gasteiger partial charge < -0.3 is 18.9 Å². The summed E-state index contributed by atoms with van der Waals surface area (Å²) in [6.07, 6.45) is 0. The van der Waals surface area contributed by atoms with Gasteiger partial charge in [0.15, 0.2) is 11.5 Å². The van der Waals surface area contributed by atoms with Crippen LogP contribution in [-0.2, 0) is 14.3 Å². The van der Waals surface area contributed by atoms with Gasteiger partial charge in [-0.1, -0.05) is 72.3 Å². The number of rotatable bonds is 13. The maximum absolute atomic E-state index is 13.0. The van der Waals surface area contributed by atoms with Crippen molar-refractivity contribution in [3.63, 3.8) is 0 Å². The predicted molar refractivity (Wildman–Crippen MR) is 243 cm³/mol. The molecular formula is C49H40N2O6S3. The van der Waals surface area contributed by atoms with Crippen molar-refractivity contribution in [3.05, 3.63) is 155 Å². The van der Waals surface area contributed by atoms with E-state index in [0.717, 1.165) is 47.9 Å². The van der Waals surface area contributed by atoms with Gasteiger partial charge in [0.1, 0.15) is 35.7 Å². The molecule has 0 unspecified atom stereocenters. The number of nitrogens with zero attached hydrogens (tertiary/aromatic N) is 2. The highest BCUT2D eigenvalue weighted by Gasteiger charge is 2.30. The fourth-order valence-corrected chi connectivity index (χ4v) is 9.53. The van der Waals surface area contributed by atoms with Crippen molar-refractivity contribution in [2.24, 2.45) is 0 Å². The number of hydrogen-bond acceptors (Lipinski definition) is 11. The van der Waals surface area contributed by atoms with E-state index in [1.165, 1.54) is 27.8 Å². The molecule has 5 aromatic carbocycles. The van der Waals surface area contributed by atoms with Gasteiger partial charge in [-0.25, -0.2) is 9.59 Å². The number of carbonyl (C=O) groups is 2. The highest BCUT2D eigenvalue weighted by atomic mass is 32.1. The van der Waals surface area contributed by atoms with E-state index in [1.807, 2.05) is 30.3 Å². The highest BCUT2D eigenvalue weighted by Crippen LogP contribution is 2.56. The minimum absolute atomic E-state index is 0.0773. The molecule has 11 heteroatoms. The molecule has 8 rings (SSSR count). The largest absolute Gasteiger partial charge is 0.459 e. The van der Waals surface area contributed by atoms with Crippen LogP contribution < -0.4 is 9.47 Å². The van der Waals surface area contributed by atoms with Crippen LogP contribution in [-0.4, -0.2) is 33.9 Å². The Hall–Kier alpha value is -6.40. The van der Waals surface area contributed by atoms with E-state index in [4.69, 9.17) is 27.7 Å². The zero-order valence-corrected chi connectivity index (χ0v) is 36.1. The van der Waals surface area contributed by atoms with Crippen molar-refractivity contribution >= 4 is 57.4 Å². The van der Waals surface area contributed by atoms with Crippen molar-refractivity contribution in [2.75, 3.05) is 13.2 Å². The predicted octanol–water partition coefficient (Wildman–Crippen LogP) is 13.6.